The second-order valence-electron chi connectivity index (χ2n) is 4.45. The summed E-state index contributed by atoms with van der Waals surface area (Å²) >= 11 is 0. The summed E-state index contributed by atoms with van der Waals surface area (Å²) in [6.45, 7) is 0. The Kier molecular flexibility index (Phi) is 2.24. The van der Waals surface area contributed by atoms with Crippen LogP contribution >= 0.6 is 0 Å². The van der Waals surface area contributed by atoms with E-state index in [1.165, 1.54) is 19.3 Å². The Morgan fingerprint density at radius 2 is 2.31 bits per heavy atom. The van der Waals surface area contributed by atoms with Gasteiger partial charge < -0.3 is 9.20 Å². The molecule has 82 valence electrons. The molecule has 3 nitrogen and oxygen atoms in total. The van der Waals surface area contributed by atoms with Gasteiger partial charge in [0.15, 0.2) is 0 Å². The molecular formula is C13H14N2O. The molecule has 0 radical (unpaired) electrons. The Morgan fingerprint density at radius 3 is 3.00 bits per heavy atom. The van der Waals surface area contributed by atoms with Crippen molar-refractivity contribution in [3.63, 3.8) is 0 Å². The lowest BCUT2D eigenvalue weighted by Gasteiger charge is -2.24. The molecule has 0 spiro atoms. The first-order valence-electron chi connectivity index (χ1n) is 5.78. The van der Waals surface area contributed by atoms with E-state index in [-0.39, 0.29) is 0 Å². The number of imidazole rings is 1. The summed E-state index contributed by atoms with van der Waals surface area (Å²) in [5.41, 5.74) is 2.18. The number of hydrogen-bond donors (Lipinski definition) is 0. The number of fused-ring (bicyclic) bond motifs is 1. The molecule has 2 heterocycles. The van der Waals surface area contributed by atoms with Gasteiger partial charge in [0.25, 0.3) is 0 Å². The topological polar surface area (TPSA) is 34.4 Å². The van der Waals surface area contributed by atoms with E-state index in [0.29, 0.717) is 12.3 Å². The highest BCUT2D eigenvalue weighted by Gasteiger charge is 2.23. The molecule has 0 N–H and O–H groups in total. The third-order valence-electron chi connectivity index (χ3n) is 3.41. The van der Waals surface area contributed by atoms with Crippen LogP contribution in [0, 0.1) is 0 Å². The first-order valence-corrected chi connectivity index (χ1v) is 5.78. The largest absolute Gasteiger partial charge is 0.303 e. The number of pyridine rings is 1. The standard InChI is InChI=1S/C13H14N2O/c16-7-6-10-4-5-12-8-14-13(15(12)9-10)11-2-1-3-11/h4-5,7-9,11H,1-3,6H2. The number of aromatic nitrogens is 2. The highest BCUT2D eigenvalue weighted by molar-refractivity contribution is 5.56. The van der Waals surface area contributed by atoms with Crippen molar-refractivity contribution in [1.82, 2.24) is 9.38 Å². The number of carbonyl (C=O) groups is 1. The fourth-order valence-corrected chi connectivity index (χ4v) is 2.24. The molecule has 1 aliphatic carbocycles. The quantitative estimate of drug-likeness (QED) is 0.735. The lowest BCUT2D eigenvalue weighted by atomic mass is 9.85. The average Bonchev–Trinajstić information content (AvgIpc) is 2.60. The lowest BCUT2D eigenvalue weighted by Crippen LogP contribution is -2.12. The van der Waals surface area contributed by atoms with Gasteiger partial charge in [-0.3, -0.25) is 0 Å². The van der Waals surface area contributed by atoms with E-state index in [9.17, 15) is 4.79 Å². The summed E-state index contributed by atoms with van der Waals surface area (Å²) < 4.78 is 2.14. The summed E-state index contributed by atoms with van der Waals surface area (Å²) in [6, 6.07) is 4.03. The van der Waals surface area contributed by atoms with E-state index in [4.69, 9.17) is 0 Å². The highest BCUT2D eigenvalue weighted by Crippen LogP contribution is 2.35. The summed E-state index contributed by atoms with van der Waals surface area (Å²) in [5.74, 6) is 1.78. The van der Waals surface area contributed by atoms with Gasteiger partial charge in [0.1, 0.15) is 12.1 Å². The maximum absolute atomic E-state index is 10.5. The molecule has 1 saturated carbocycles. The van der Waals surface area contributed by atoms with Gasteiger partial charge in [0, 0.05) is 18.5 Å². The van der Waals surface area contributed by atoms with Gasteiger partial charge in [-0.25, -0.2) is 4.98 Å². The molecule has 0 saturated heterocycles. The number of rotatable bonds is 3. The summed E-state index contributed by atoms with van der Waals surface area (Å²) in [7, 11) is 0. The predicted molar refractivity (Wildman–Crippen MR) is 61.6 cm³/mol. The van der Waals surface area contributed by atoms with Gasteiger partial charge in [-0.1, -0.05) is 12.5 Å². The van der Waals surface area contributed by atoms with Crippen LogP contribution < -0.4 is 0 Å². The maximum Gasteiger partial charge on any atom is 0.124 e. The summed E-state index contributed by atoms with van der Waals surface area (Å²) in [4.78, 5) is 15.0. The van der Waals surface area contributed by atoms with Gasteiger partial charge in [-0.2, -0.15) is 0 Å². The molecule has 0 atom stereocenters. The maximum atomic E-state index is 10.5. The van der Waals surface area contributed by atoms with Crippen LogP contribution in [0.2, 0.25) is 0 Å². The van der Waals surface area contributed by atoms with Crippen molar-refractivity contribution in [2.24, 2.45) is 0 Å². The molecule has 3 heteroatoms. The normalized spacial score (nSPS) is 16.2. The first kappa shape index (κ1) is 9.58. The molecule has 0 bridgehead atoms. The van der Waals surface area contributed by atoms with Gasteiger partial charge >= 0.3 is 0 Å². The van der Waals surface area contributed by atoms with Crippen LogP contribution in [0.3, 0.4) is 0 Å². The monoisotopic (exact) mass is 214 g/mol. The van der Waals surface area contributed by atoms with Crippen LogP contribution in [-0.4, -0.2) is 15.7 Å². The average molecular weight is 214 g/mol. The van der Waals surface area contributed by atoms with Crippen molar-refractivity contribution in [1.29, 1.82) is 0 Å². The van der Waals surface area contributed by atoms with Crippen molar-refractivity contribution < 1.29 is 4.79 Å². The minimum atomic E-state index is 0.484. The van der Waals surface area contributed by atoms with Crippen LogP contribution in [0.5, 0.6) is 0 Å². The number of nitrogens with zero attached hydrogens (tertiary/aromatic N) is 2. The Balaban J connectivity index is 2.07. The molecule has 0 unspecified atom stereocenters. The Morgan fingerprint density at radius 1 is 1.44 bits per heavy atom. The Hall–Kier alpha value is -1.64. The second-order valence-corrected chi connectivity index (χ2v) is 4.45. The number of hydrogen-bond acceptors (Lipinski definition) is 2. The van der Waals surface area contributed by atoms with E-state index >= 15 is 0 Å². The van der Waals surface area contributed by atoms with Crippen LogP contribution in [0.4, 0.5) is 0 Å². The molecule has 2 aromatic heterocycles. The zero-order valence-corrected chi connectivity index (χ0v) is 9.10. The third kappa shape index (κ3) is 1.43. The third-order valence-corrected chi connectivity index (χ3v) is 3.41. The van der Waals surface area contributed by atoms with Crippen molar-refractivity contribution in [2.45, 2.75) is 31.6 Å². The smallest absolute Gasteiger partial charge is 0.124 e. The van der Waals surface area contributed by atoms with Gasteiger partial charge in [0.05, 0.1) is 11.7 Å². The van der Waals surface area contributed by atoms with E-state index in [2.05, 4.69) is 9.38 Å². The van der Waals surface area contributed by atoms with E-state index < -0.39 is 0 Å². The summed E-state index contributed by atoms with van der Waals surface area (Å²) in [6.07, 6.45) is 9.20. The zero-order chi connectivity index (χ0) is 11.0. The van der Waals surface area contributed by atoms with Crippen molar-refractivity contribution in [2.75, 3.05) is 0 Å². The fraction of sp³-hybridized carbons (Fsp3) is 0.385. The van der Waals surface area contributed by atoms with Gasteiger partial charge in [0.2, 0.25) is 0 Å². The summed E-state index contributed by atoms with van der Waals surface area (Å²) in [5, 5.41) is 0. The molecule has 16 heavy (non-hydrogen) atoms. The van der Waals surface area contributed by atoms with Crippen molar-refractivity contribution >= 4 is 11.8 Å². The molecule has 1 fully saturated rings. The van der Waals surface area contributed by atoms with Crippen molar-refractivity contribution in [3.8, 4) is 0 Å². The number of aldehydes is 1. The highest BCUT2D eigenvalue weighted by atomic mass is 16.1. The number of carbonyl (C=O) groups excluding carboxylic acids is 1. The van der Waals surface area contributed by atoms with E-state index in [1.54, 1.807) is 0 Å². The molecule has 0 amide bonds. The van der Waals surface area contributed by atoms with Gasteiger partial charge in [-0.05, 0) is 24.5 Å². The van der Waals surface area contributed by atoms with Crippen LogP contribution in [-0.2, 0) is 11.2 Å². The first-order chi connectivity index (χ1) is 7.88. The molecule has 2 aromatic rings. The van der Waals surface area contributed by atoms with Crippen LogP contribution in [0.1, 0.15) is 36.6 Å². The molecule has 0 aromatic carbocycles. The SMILES string of the molecule is O=CCc1ccc2cnc(C3CCC3)n2c1. The zero-order valence-electron chi connectivity index (χ0n) is 9.10. The second kappa shape index (κ2) is 3.74. The minimum absolute atomic E-state index is 0.484. The molecule has 1 aliphatic rings. The molecule has 0 aliphatic heterocycles. The van der Waals surface area contributed by atoms with Gasteiger partial charge in [-0.15, -0.1) is 0 Å². The van der Waals surface area contributed by atoms with Crippen LogP contribution in [0.15, 0.2) is 24.5 Å². The van der Waals surface area contributed by atoms with E-state index in [1.807, 2.05) is 24.5 Å². The molecular weight excluding hydrogens is 200 g/mol. The lowest BCUT2D eigenvalue weighted by molar-refractivity contribution is -0.107. The predicted octanol–water partition coefficient (Wildman–Crippen LogP) is 2.34. The molecule has 3 rings (SSSR count). The van der Waals surface area contributed by atoms with Crippen molar-refractivity contribution in [3.05, 3.63) is 35.9 Å². The Bertz CT molecular complexity index is 526. The minimum Gasteiger partial charge on any atom is -0.303 e. The van der Waals surface area contributed by atoms with E-state index in [0.717, 1.165) is 23.2 Å². The fourth-order valence-electron chi connectivity index (χ4n) is 2.24. The Labute approximate surface area is 94.1 Å². The van der Waals surface area contributed by atoms with Crippen LogP contribution in [0.25, 0.3) is 5.52 Å².